The number of amides is 1. The molecular formula is C24H34N4O. The second-order valence-electron chi connectivity index (χ2n) is 8.08. The molecule has 0 aliphatic carbocycles. The molecule has 3 rings (SSSR count). The first-order valence-electron chi connectivity index (χ1n) is 10.6. The van der Waals surface area contributed by atoms with E-state index in [1.54, 1.807) is 0 Å². The normalized spacial score (nSPS) is 14.7. The van der Waals surface area contributed by atoms with Crippen LogP contribution in [0, 0.1) is 13.8 Å². The van der Waals surface area contributed by atoms with Crippen molar-refractivity contribution in [2.24, 2.45) is 0 Å². The fraction of sp³-hybridized carbons (Fsp3) is 0.458. The number of para-hydroxylation sites is 1. The van der Waals surface area contributed by atoms with Gasteiger partial charge in [-0.15, -0.1) is 0 Å². The molecular weight excluding hydrogens is 360 g/mol. The third kappa shape index (κ3) is 4.84. The molecule has 0 bridgehead atoms. The van der Waals surface area contributed by atoms with Gasteiger partial charge in [0.15, 0.2) is 0 Å². The van der Waals surface area contributed by atoms with E-state index in [0.717, 1.165) is 43.6 Å². The van der Waals surface area contributed by atoms with Gasteiger partial charge in [-0.05, 0) is 68.0 Å². The number of likely N-dealkylation sites (N-methyl/N-ethyl adjacent to an activating group) is 1. The van der Waals surface area contributed by atoms with Crippen molar-refractivity contribution in [2.45, 2.75) is 46.1 Å². The lowest BCUT2D eigenvalue weighted by atomic mass is 10.0. The van der Waals surface area contributed by atoms with Crippen LogP contribution in [0.1, 0.15) is 36.5 Å². The van der Waals surface area contributed by atoms with Gasteiger partial charge in [-0.1, -0.05) is 25.1 Å². The summed E-state index contributed by atoms with van der Waals surface area (Å²) >= 11 is 0. The van der Waals surface area contributed by atoms with E-state index in [-0.39, 0.29) is 18.5 Å². The average Bonchev–Trinajstić information content (AvgIpc) is 2.74. The molecule has 5 nitrogen and oxygen atoms in total. The van der Waals surface area contributed by atoms with Crippen LogP contribution in [-0.4, -0.2) is 43.5 Å². The Bertz CT molecular complexity index is 856. The van der Waals surface area contributed by atoms with E-state index in [4.69, 9.17) is 5.73 Å². The Kier molecular flexibility index (Phi) is 6.68. The third-order valence-electron chi connectivity index (χ3n) is 6.21. The smallest absolute Gasteiger partial charge is 0.241 e. The standard InChI is InChI=1S/C24H34N4O/c1-5-19-8-6-7-9-23(19)28-12-10-20(11-13-28)27(4)24(29)16-26-22-15-18(3)17(2)14-21(22)25/h6-9,14-15,20,26H,5,10-13,16,25H2,1-4H3. The molecule has 156 valence electrons. The van der Waals surface area contributed by atoms with E-state index < -0.39 is 0 Å². The quantitative estimate of drug-likeness (QED) is 0.728. The molecule has 0 aromatic heterocycles. The maximum Gasteiger partial charge on any atom is 0.241 e. The van der Waals surface area contributed by atoms with Crippen molar-refractivity contribution in [1.82, 2.24) is 4.90 Å². The lowest BCUT2D eigenvalue weighted by molar-refractivity contribution is -0.130. The van der Waals surface area contributed by atoms with Gasteiger partial charge in [-0.3, -0.25) is 4.79 Å². The number of hydrogen-bond acceptors (Lipinski definition) is 4. The van der Waals surface area contributed by atoms with Crippen LogP contribution in [0.3, 0.4) is 0 Å². The van der Waals surface area contributed by atoms with E-state index in [9.17, 15) is 4.79 Å². The number of benzene rings is 2. The molecule has 1 amide bonds. The number of nitrogens with two attached hydrogens (primary N) is 1. The minimum Gasteiger partial charge on any atom is -0.397 e. The van der Waals surface area contributed by atoms with E-state index >= 15 is 0 Å². The van der Waals surface area contributed by atoms with E-state index in [0.29, 0.717) is 5.69 Å². The summed E-state index contributed by atoms with van der Waals surface area (Å²) in [5, 5.41) is 3.22. The maximum atomic E-state index is 12.7. The van der Waals surface area contributed by atoms with Crippen LogP contribution in [-0.2, 0) is 11.2 Å². The average molecular weight is 395 g/mol. The van der Waals surface area contributed by atoms with Gasteiger partial charge in [0, 0.05) is 31.9 Å². The second-order valence-corrected chi connectivity index (χ2v) is 8.08. The number of rotatable bonds is 6. The van der Waals surface area contributed by atoms with Crippen molar-refractivity contribution in [1.29, 1.82) is 0 Å². The number of anilines is 3. The van der Waals surface area contributed by atoms with Gasteiger partial charge < -0.3 is 20.9 Å². The van der Waals surface area contributed by atoms with Crippen LogP contribution in [0.15, 0.2) is 36.4 Å². The Morgan fingerprint density at radius 3 is 2.52 bits per heavy atom. The lowest BCUT2D eigenvalue weighted by Gasteiger charge is -2.38. The monoisotopic (exact) mass is 394 g/mol. The van der Waals surface area contributed by atoms with Crippen molar-refractivity contribution in [3.05, 3.63) is 53.1 Å². The second kappa shape index (κ2) is 9.21. The highest BCUT2D eigenvalue weighted by molar-refractivity contribution is 5.82. The minimum absolute atomic E-state index is 0.107. The van der Waals surface area contributed by atoms with E-state index in [1.807, 2.05) is 31.0 Å². The SMILES string of the molecule is CCc1ccccc1N1CCC(N(C)C(=O)CNc2cc(C)c(C)cc2N)CC1. The zero-order valence-electron chi connectivity index (χ0n) is 18.2. The van der Waals surface area contributed by atoms with Gasteiger partial charge in [0.1, 0.15) is 0 Å². The lowest BCUT2D eigenvalue weighted by Crippen LogP contribution is -2.47. The Labute approximate surface area is 174 Å². The number of carbonyl (C=O) groups excluding carboxylic acids is 1. The number of nitrogens with zero attached hydrogens (tertiary/aromatic N) is 2. The maximum absolute atomic E-state index is 12.7. The molecule has 1 fully saturated rings. The molecule has 5 heteroatoms. The molecule has 2 aromatic rings. The summed E-state index contributed by atoms with van der Waals surface area (Å²) in [5.74, 6) is 0.107. The Hall–Kier alpha value is -2.69. The third-order valence-corrected chi connectivity index (χ3v) is 6.21. The summed E-state index contributed by atoms with van der Waals surface area (Å²) in [6.07, 6.45) is 3.03. The van der Waals surface area contributed by atoms with Gasteiger partial charge in [0.2, 0.25) is 5.91 Å². The number of nitrogens with one attached hydrogen (secondary N) is 1. The van der Waals surface area contributed by atoms with Crippen LogP contribution in [0.2, 0.25) is 0 Å². The summed E-state index contributed by atoms with van der Waals surface area (Å²) in [7, 11) is 1.92. The van der Waals surface area contributed by atoms with Crippen molar-refractivity contribution < 1.29 is 4.79 Å². The number of nitrogen functional groups attached to an aromatic ring is 1. The number of aryl methyl sites for hydroxylation is 3. The van der Waals surface area contributed by atoms with Gasteiger partial charge in [0.25, 0.3) is 0 Å². The fourth-order valence-electron chi connectivity index (χ4n) is 4.10. The molecule has 1 aliphatic rings. The molecule has 0 atom stereocenters. The molecule has 0 saturated carbocycles. The minimum atomic E-state index is 0.107. The van der Waals surface area contributed by atoms with Gasteiger partial charge in [-0.2, -0.15) is 0 Å². The van der Waals surface area contributed by atoms with Crippen LogP contribution in [0.25, 0.3) is 0 Å². The zero-order valence-corrected chi connectivity index (χ0v) is 18.2. The van der Waals surface area contributed by atoms with Crippen LogP contribution in [0.4, 0.5) is 17.1 Å². The number of piperidine rings is 1. The van der Waals surface area contributed by atoms with E-state index in [1.165, 1.54) is 16.8 Å². The Balaban J connectivity index is 1.54. The molecule has 1 heterocycles. The Morgan fingerprint density at radius 1 is 1.17 bits per heavy atom. The number of hydrogen-bond donors (Lipinski definition) is 2. The summed E-state index contributed by atoms with van der Waals surface area (Å²) in [5.41, 5.74) is 12.7. The summed E-state index contributed by atoms with van der Waals surface area (Å²) in [6, 6.07) is 12.9. The van der Waals surface area contributed by atoms with Gasteiger partial charge in [0.05, 0.1) is 17.9 Å². The molecule has 0 spiro atoms. The predicted octanol–water partition coefficient (Wildman–Crippen LogP) is 3.99. The molecule has 0 radical (unpaired) electrons. The van der Waals surface area contributed by atoms with Crippen LogP contribution in [0.5, 0.6) is 0 Å². The summed E-state index contributed by atoms with van der Waals surface area (Å²) in [4.78, 5) is 17.1. The molecule has 1 saturated heterocycles. The zero-order chi connectivity index (χ0) is 21.0. The highest BCUT2D eigenvalue weighted by Gasteiger charge is 2.26. The van der Waals surface area contributed by atoms with Crippen LogP contribution >= 0.6 is 0 Å². The Morgan fingerprint density at radius 2 is 1.83 bits per heavy atom. The van der Waals surface area contributed by atoms with Crippen molar-refractivity contribution in [3.8, 4) is 0 Å². The summed E-state index contributed by atoms with van der Waals surface area (Å²) < 4.78 is 0. The van der Waals surface area contributed by atoms with Gasteiger partial charge in [-0.25, -0.2) is 0 Å². The van der Waals surface area contributed by atoms with E-state index in [2.05, 4.69) is 48.3 Å². The van der Waals surface area contributed by atoms with Crippen molar-refractivity contribution in [3.63, 3.8) is 0 Å². The first-order chi connectivity index (χ1) is 13.9. The molecule has 29 heavy (non-hydrogen) atoms. The van der Waals surface area contributed by atoms with Crippen LogP contribution < -0.4 is 16.0 Å². The molecule has 1 aliphatic heterocycles. The van der Waals surface area contributed by atoms with Crippen molar-refractivity contribution >= 4 is 23.0 Å². The summed E-state index contributed by atoms with van der Waals surface area (Å²) in [6.45, 7) is 8.53. The largest absolute Gasteiger partial charge is 0.397 e. The van der Waals surface area contributed by atoms with Gasteiger partial charge >= 0.3 is 0 Å². The first kappa shape index (κ1) is 21.0. The molecule has 2 aromatic carbocycles. The number of carbonyl (C=O) groups is 1. The molecule has 3 N–H and O–H groups in total. The van der Waals surface area contributed by atoms with Crippen molar-refractivity contribution in [2.75, 3.05) is 42.6 Å². The topological polar surface area (TPSA) is 61.6 Å². The fourth-order valence-corrected chi connectivity index (χ4v) is 4.10. The molecule has 0 unspecified atom stereocenters. The first-order valence-corrected chi connectivity index (χ1v) is 10.6. The highest BCUT2D eigenvalue weighted by atomic mass is 16.2. The predicted molar refractivity (Wildman–Crippen MR) is 123 cm³/mol. The highest BCUT2D eigenvalue weighted by Crippen LogP contribution is 2.26.